The quantitative estimate of drug-likeness (QED) is 0.655. The van der Waals surface area contributed by atoms with Gasteiger partial charge in [0.1, 0.15) is 0 Å². The zero-order chi connectivity index (χ0) is 14.9. The van der Waals surface area contributed by atoms with Crippen LogP contribution in [0.25, 0.3) is 0 Å². The van der Waals surface area contributed by atoms with Gasteiger partial charge >= 0.3 is 18.3 Å². The van der Waals surface area contributed by atoms with E-state index in [1.54, 1.807) is 4.90 Å². The van der Waals surface area contributed by atoms with Crippen molar-refractivity contribution in [2.45, 2.75) is 6.61 Å². The van der Waals surface area contributed by atoms with E-state index in [-0.39, 0.29) is 13.1 Å². The molecule has 0 amide bonds. The zero-order valence-electron chi connectivity index (χ0n) is 10.0. The van der Waals surface area contributed by atoms with E-state index in [0.29, 0.717) is 5.69 Å². The Morgan fingerprint density at radius 2 is 2.15 bits per heavy atom. The molecule has 1 aliphatic rings. The standard InChI is InChI=1S/C11H10F2N2O5/c12-11(13)20-9-3-7(1-2-8(9)15(18)19)14-4-6(5-14)10(16)17/h1-3,6,11H,4-5H2,(H,16,17). The largest absolute Gasteiger partial charge is 0.481 e. The molecule has 0 aliphatic carbocycles. The number of carboxylic acids is 1. The van der Waals surface area contributed by atoms with Gasteiger partial charge in [0.25, 0.3) is 0 Å². The van der Waals surface area contributed by atoms with Crippen molar-refractivity contribution in [3.8, 4) is 5.75 Å². The smallest absolute Gasteiger partial charge is 0.387 e. The molecular weight excluding hydrogens is 278 g/mol. The maximum atomic E-state index is 12.2. The van der Waals surface area contributed by atoms with E-state index in [1.165, 1.54) is 6.07 Å². The van der Waals surface area contributed by atoms with Crippen molar-refractivity contribution in [3.05, 3.63) is 28.3 Å². The molecule has 0 saturated carbocycles. The molecule has 0 radical (unpaired) electrons. The summed E-state index contributed by atoms with van der Waals surface area (Å²) in [5.74, 6) is -2.00. The zero-order valence-corrected chi connectivity index (χ0v) is 10.0. The van der Waals surface area contributed by atoms with E-state index < -0.39 is 34.9 Å². The van der Waals surface area contributed by atoms with Crippen LogP contribution in [-0.4, -0.2) is 35.7 Å². The van der Waals surface area contributed by atoms with Gasteiger partial charge in [0.15, 0.2) is 0 Å². The minimum absolute atomic E-state index is 0.223. The van der Waals surface area contributed by atoms with Crippen LogP contribution < -0.4 is 9.64 Å². The first kappa shape index (κ1) is 14.0. The lowest BCUT2D eigenvalue weighted by atomic mass is 9.99. The normalized spacial score (nSPS) is 15.1. The van der Waals surface area contributed by atoms with Crippen LogP contribution in [0.1, 0.15) is 0 Å². The van der Waals surface area contributed by atoms with Gasteiger partial charge < -0.3 is 14.7 Å². The lowest BCUT2D eigenvalue weighted by Crippen LogP contribution is -2.50. The van der Waals surface area contributed by atoms with Crippen LogP contribution in [-0.2, 0) is 4.79 Å². The summed E-state index contributed by atoms with van der Waals surface area (Å²) in [6, 6.07) is 3.54. The Morgan fingerprint density at radius 3 is 2.65 bits per heavy atom. The number of carbonyl (C=O) groups is 1. The van der Waals surface area contributed by atoms with Crippen molar-refractivity contribution >= 4 is 17.3 Å². The van der Waals surface area contributed by atoms with E-state index in [1.807, 2.05) is 0 Å². The third kappa shape index (κ3) is 2.76. The number of anilines is 1. The fraction of sp³-hybridized carbons (Fsp3) is 0.364. The Kier molecular flexibility index (Phi) is 3.68. The van der Waals surface area contributed by atoms with Crippen molar-refractivity contribution in [1.29, 1.82) is 0 Å². The molecular formula is C11H10F2N2O5. The monoisotopic (exact) mass is 288 g/mol. The number of aliphatic carboxylic acids is 1. The van der Waals surface area contributed by atoms with Crippen LogP contribution in [0.4, 0.5) is 20.2 Å². The molecule has 1 aromatic rings. The summed E-state index contributed by atoms with van der Waals surface area (Å²) in [7, 11) is 0. The Hall–Kier alpha value is -2.45. The summed E-state index contributed by atoms with van der Waals surface area (Å²) in [5.41, 5.74) is -0.159. The Bertz CT molecular complexity index is 546. The molecule has 1 aromatic carbocycles. The molecule has 0 unspecified atom stereocenters. The highest BCUT2D eigenvalue weighted by molar-refractivity contribution is 5.75. The van der Waals surface area contributed by atoms with Crippen molar-refractivity contribution in [2.75, 3.05) is 18.0 Å². The van der Waals surface area contributed by atoms with Gasteiger partial charge in [-0.15, -0.1) is 0 Å². The van der Waals surface area contributed by atoms with Crippen LogP contribution in [0.3, 0.4) is 0 Å². The second kappa shape index (κ2) is 5.27. The molecule has 0 bridgehead atoms. The summed E-state index contributed by atoms with van der Waals surface area (Å²) < 4.78 is 28.6. The molecule has 1 heterocycles. The van der Waals surface area contributed by atoms with Gasteiger partial charge in [-0.3, -0.25) is 14.9 Å². The molecule has 108 valence electrons. The van der Waals surface area contributed by atoms with Crippen LogP contribution >= 0.6 is 0 Å². The molecule has 7 nitrogen and oxygen atoms in total. The maximum Gasteiger partial charge on any atom is 0.387 e. The van der Waals surface area contributed by atoms with Crippen molar-refractivity contribution < 1.29 is 28.3 Å². The van der Waals surface area contributed by atoms with Gasteiger partial charge in [0.05, 0.1) is 10.8 Å². The van der Waals surface area contributed by atoms with Gasteiger partial charge in [-0.25, -0.2) is 0 Å². The van der Waals surface area contributed by atoms with Crippen molar-refractivity contribution in [2.24, 2.45) is 5.92 Å². The number of benzene rings is 1. The number of hydrogen-bond acceptors (Lipinski definition) is 5. The van der Waals surface area contributed by atoms with E-state index in [0.717, 1.165) is 12.1 Å². The number of rotatable bonds is 5. The third-order valence-electron chi connectivity index (χ3n) is 2.95. The molecule has 0 spiro atoms. The second-order valence-electron chi connectivity index (χ2n) is 4.23. The molecule has 1 aliphatic heterocycles. The van der Waals surface area contributed by atoms with E-state index in [2.05, 4.69) is 4.74 Å². The third-order valence-corrected chi connectivity index (χ3v) is 2.95. The topological polar surface area (TPSA) is 92.9 Å². The van der Waals surface area contributed by atoms with E-state index in [9.17, 15) is 23.7 Å². The SMILES string of the molecule is O=C(O)C1CN(c2ccc([N+](=O)[O-])c(OC(F)F)c2)C1. The first-order chi connectivity index (χ1) is 9.38. The van der Waals surface area contributed by atoms with Gasteiger partial charge in [-0.2, -0.15) is 8.78 Å². The Morgan fingerprint density at radius 1 is 1.50 bits per heavy atom. The van der Waals surface area contributed by atoms with Crippen LogP contribution in [0.2, 0.25) is 0 Å². The summed E-state index contributed by atoms with van der Waals surface area (Å²) in [4.78, 5) is 22.2. The first-order valence-electron chi connectivity index (χ1n) is 5.59. The van der Waals surface area contributed by atoms with E-state index >= 15 is 0 Å². The van der Waals surface area contributed by atoms with Crippen LogP contribution in [0, 0.1) is 16.0 Å². The minimum Gasteiger partial charge on any atom is -0.481 e. The summed E-state index contributed by atoms with van der Waals surface area (Å²) >= 11 is 0. The predicted molar refractivity (Wildman–Crippen MR) is 63.1 cm³/mol. The Balaban J connectivity index is 2.20. The van der Waals surface area contributed by atoms with Crippen LogP contribution in [0.15, 0.2) is 18.2 Å². The molecule has 0 atom stereocenters. The molecule has 20 heavy (non-hydrogen) atoms. The van der Waals surface area contributed by atoms with Crippen molar-refractivity contribution in [3.63, 3.8) is 0 Å². The molecule has 0 aromatic heterocycles. The summed E-state index contributed by atoms with van der Waals surface area (Å²) in [5, 5.41) is 19.4. The fourth-order valence-corrected chi connectivity index (χ4v) is 1.89. The maximum absolute atomic E-state index is 12.2. The number of ether oxygens (including phenoxy) is 1. The number of hydrogen-bond donors (Lipinski definition) is 1. The molecule has 1 saturated heterocycles. The minimum atomic E-state index is -3.17. The highest BCUT2D eigenvalue weighted by atomic mass is 19.3. The first-order valence-corrected chi connectivity index (χ1v) is 5.59. The van der Waals surface area contributed by atoms with Gasteiger partial charge in [0.2, 0.25) is 5.75 Å². The number of carboxylic acid groups (broad SMARTS) is 1. The fourth-order valence-electron chi connectivity index (χ4n) is 1.89. The van der Waals surface area contributed by atoms with E-state index in [4.69, 9.17) is 5.11 Å². The number of alkyl halides is 2. The molecule has 9 heteroatoms. The van der Waals surface area contributed by atoms with Crippen LogP contribution in [0.5, 0.6) is 5.75 Å². The molecule has 1 fully saturated rings. The lowest BCUT2D eigenvalue weighted by Gasteiger charge is -2.38. The van der Waals surface area contributed by atoms with Crippen molar-refractivity contribution in [1.82, 2.24) is 0 Å². The average molecular weight is 288 g/mol. The Labute approximate surface area is 111 Å². The number of halogens is 2. The second-order valence-corrected chi connectivity index (χ2v) is 4.23. The summed E-state index contributed by atoms with van der Waals surface area (Å²) in [6.45, 7) is -2.73. The number of nitro benzene ring substituents is 1. The number of nitrogens with zero attached hydrogens (tertiary/aromatic N) is 2. The lowest BCUT2D eigenvalue weighted by molar-refractivity contribution is -0.386. The average Bonchev–Trinajstić information content (AvgIpc) is 2.25. The highest BCUT2D eigenvalue weighted by Gasteiger charge is 2.33. The molecule has 1 N–H and O–H groups in total. The van der Waals surface area contributed by atoms with Gasteiger partial charge in [0, 0.05) is 30.9 Å². The van der Waals surface area contributed by atoms with Gasteiger partial charge in [-0.1, -0.05) is 0 Å². The predicted octanol–water partition coefficient (Wildman–Crippen LogP) is 1.72. The van der Waals surface area contributed by atoms with Gasteiger partial charge in [-0.05, 0) is 6.07 Å². The molecule has 2 rings (SSSR count). The summed E-state index contributed by atoms with van der Waals surface area (Å²) in [6.07, 6.45) is 0. The number of nitro groups is 1. The highest BCUT2D eigenvalue weighted by Crippen LogP contribution is 2.35.